The Morgan fingerprint density at radius 1 is 1.11 bits per heavy atom. The zero-order valence-corrected chi connectivity index (χ0v) is 12.4. The van der Waals surface area contributed by atoms with Gasteiger partial charge < -0.3 is 10.6 Å². The van der Waals surface area contributed by atoms with Gasteiger partial charge in [-0.25, -0.2) is 0 Å². The molecule has 106 valence electrons. The van der Waals surface area contributed by atoms with Crippen LogP contribution in [0.5, 0.6) is 0 Å². The van der Waals surface area contributed by atoms with Crippen LogP contribution in [0.15, 0.2) is 0 Å². The molecule has 1 unspecified atom stereocenters. The zero-order valence-electron chi connectivity index (χ0n) is 12.4. The highest BCUT2D eigenvalue weighted by molar-refractivity contribution is 5.01. The molecule has 2 rings (SSSR count). The van der Waals surface area contributed by atoms with Crippen LogP contribution in [0.1, 0.15) is 26.7 Å². The Bertz CT molecular complexity index is 269. The molecule has 0 bridgehead atoms. The van der Waals surface area contributed by atoms with Crippen molar-refractivity contribution in [1.29, 1.82) is 0 Å². The second-order valence-electron chi connectivity index (χ2n) is 6.39. The first kappa shape index (κ1) is 14.3. The summed E-state index contributed by atoms with van der Waals surface area (Å²) in [4.78, 5) is 7.71. The van der Waals surface area contributed by atoms with Crippen LogP contribution in [-0.4, -0.2) is 79.1 Å². The first-order valence-electron chi connectivity index (χ1n) is 7.45. The minimum Gasteiger partial charge on any atom is -0.329 e. The summed E-state index contributed by atoms with van der Waals surface area (Å²) in [5.74, 6) is 0. The molecule has 0 aromatic heterocycles. The molecule has 0 saturated carbocycles. The molecular formula is C14H30N4. The second-order valence-corrected chi connectivity index (χ2v) is 6.39. The van der Waals surface area contributed by atoms with Crippen LogP contribution in [0, 0.1) is 0 Å². The van der Waals surface area contributed by atoms with E-state index in [2.05, 4.69) is 35.6 Å². The molecule has 2 N–H and O–H groups in total. The molecular weight excluding hydrogens is 224 g/mol. The highest BCUT2D eigenvalue weighted by Crippen LogP contribution is 2.29. The van der Waals surface area contributed by atoms with Gasteiger partial charge in [-0.15, -0.1) is 0 Å². The Morgan fingerprint density at radius 3 is 2.50 bits per heavy atom. The number of likely N-dealkylation sites (tertiary alicyclic amines) is 1. The number of nitrogens with two attached hydrogens (primary N) is 1. The van der Waals surface area contributed by atoms with Gasteiger partial charge >= 0.3 is 0 Å². The van der Waals surface area contributed by atoms with Gasteiger partial charge in [-0.1, -0.05) is 0 Å². The minimum atomic E-state index is 0.245. The summed E-state index contributed by atoms with van der Waals surface area (Å²) < 4.78 is 0. The fourth-order valence-electron chi connectivity index (χ4n) is 3.40. The van der Waals surface area contributed by atoms with E-state index in [0.717, 1.165) is 13.1 Å². The molecule has 1 atom stereocenters. The van der Waals surface area contributed by atoms with E-state index < -0.39 is 0 Å². The molecule has 4 heteroatoms. The third kappa shape index (κ3) is 2.87. The smallest absolute Gasteiger partial charge is 0.0471 e. The summed E-state index contributed by atoms with van der Waals surface area (Å²) in [6.45, 7) is 12.6. The van der Waals surface area contributed by atoms with E-state index in [1.165, 1.54) is 45.6 Å². The van der Waals surface area contributed by atoms with Crippen LogP contribution in [0.2, 0.25) is 0 Å². The molecule has 0 aliphatic carbocycles. The summed E-state index contributed by atoms with van der Waals surface area (Å²) >= 11 is 0. The molecule has 2 saturated heterocycles. The average molecular weight is 254 g/mol. The van der Waals surface area contributed by atoms with Gasteiger partial charge in [0.1, 0.15) is 0 Å². The van der Waals surface area contributed by atoms with Crippen LogP contribution in [0.4, 0.5) is 0 Å². The molecule has 2 heterocycles. The van der Waals surface area contributed by atoms with E-state index in [-0.39, 0.29) is 5.54 Å². The lowest BCUT2D eigenvalue weighted by Gasteiger charge is -2.40. The summed E-state index contributed by atoms with van der Waals surface area (Å²) in [7, 11) is 2.23. The van der Waals surface area contributed by atoms with Crippen molar-refractivity contribution in [2.24, 2.45) is 5.73 Å². The molecule has 0 spiro atoms. The monoisotopic (exact) mass is 254 g/mol. The fourth-order valence-corrected chi connectivity index (χ4v) is 3.40. The number of hydrogen-bond donors (Lipinski definition) is 1. The fraction of sp³-hybridized carbons (Fsp3) is 1.00. The van der Waals surface area contributed by atoms with Crippen molar-refractivity contribution in [3.8, 4) is 0 Å². The van der Waals surface area contributed by atoms with Crippen molar-refractivity contribution in [1.82, 2.24) is 14.7 Å². The van der Waals surface area contributed by atoms with Gasteiger partial charge in [0.05, 0.1) is 0 Å². The van der Waals surface area contributed by atoms with Crippen LogP contribution >= 0.6 is 0 Å². The predicted molar refractivity (Wildman–Crippen MR) is 76.8 cm³/mol. The standard InChI is InChI=1S/C14H30N4/c1-13(2)17-8-5-14(11-15,12-17)18-7-4-6-16(3)9-10-18/h13H,4-12,15H2,1-3H3. The van der Waals surface area contributed by atoms with Crippen molar-refractivity contribution in [3.05, 3.63) is 0 Å². The Hall–Kier alpha value is -0.160. The lowest BCUT2D eigenvalue weighted by atomic mass is 9.95. The topological polar surface area (TPSA) is 35.7 Å². The Kier molecular flexibility index (Phi) is 4.64. The first-order valence-corrected chi connectivity index (χ1v) is 7.45. The van der Waals surface area contributed by atoms with Gasteiger partial charge in [0, 0.05) is 50.8 Å². The van der Waals surface area contributed by atoms with Gasteiger partial charge in [-0.3, -0.25) is 9.80 Å². The van der Waals surface area contributed by atoms with E-state index >= 15 is 0 Å². The van der Waals surface area contributed by atoms with Crippen LogP contribution < -0.4 is 5.73 Å². The lowest BCUT2D eigenvalue weighted by Crippen LogP contribution is -2.56. The second kappa shape index (κ2) is 5.87. The van der Waals surface area contributed by atoms with Crippen molar-refractivity contribution in [2.45, 2.75) is 38.3 Å². The summed E-state index contributed by atoms with van der Waals surface area (Å²) in [5, 5.41) is 0. The van der Waals surface area contributed by atoms with E-state index in [1.807, 2.05) is 0 Å². The molecule has 0 radical (unpaired) electrons. The summed E-state index contributed by atoms with van der Waals surface area (Å²) in [6, 6.07) is 0.646. The molecule has 0 aromatic rings. The van der Waals surface area contributed by atoms with E-state index in [0.29, 0.717) is 6.04 Å². The molecule has 2 aliphatic rings. The number of likely N-dealkylation sites (N-methyl/N-ethyl adjacent to an activating group) is 1. The Morgan fingerprint density at radius 2 is 1.89 bits per heavy atom. The number of hydrogen-bond acceptors (Lipinski definition) is 4. The van der Waals surface area contributed by atoms with Gasteiger partial charge in [-0.2, -0.15) is 0 Å². The largest absolute Gasteiger partial charge is 0.329 e. The average Bonchev–Trinajstić information content (AvgIpc) is 2.68. The van der Waals surface area contributed by atoms with Crippen LogP contribution in [-0.2, 0) is 0 Å². The highest BCUT2D eigenvalue weighted by atomic mass is 15.3. The number of nitrogens with zero attached hydrogens (tertiary/aromatic N) is 3. The van der Waals surface area contributed by atoms with E-state index in [4.69, 9.17) is 5.73 Å². The zero-order chi connectivity index (χ0) is 13.2. The molecule has 2 fully saturated rings. The van der Waals surface area contributed by atoms with Crippen LogP contribution in [0.3, 0.4) is 0 Å². The lowest BCUT2D eigenvalue weighted by molar-refractivity contribution is 0.0984. The molecule has 4 nitrogen and oxygen atoms in total. The van der Waals surface area contributed by atoms with Crippen molar-refractivity contribution in [3.63, 3.8) is 0 Å². The van der Waals surface area contributed by atoms with Crippen LogP contribution in [0.25, 0.3) is 0 Å². The quantitative estimate of drug-likeness (QED) is 0.792. The predicted octanol–water partition coefficient (Wildman–Crippen LogP) is 0.436. The molecule has 2 aliphatic heterocycles. The molecule has 0 amide bonds. The SMILES string of the molecule is CC(C)N1CCC(CN)(N2CCCN(C)CC2)C1. The summed E-state index contributed by atoms with van der Waals surface area (Å²) in [5.41, 5.74) is 6.41. The molecule has 0 aromatic carbocycles. The highest BCUT2D eigenvalue weighted by Gasteiger charge is 2.42. The van der Waals surface area contributed by atoms with E-state index in [1.54, 1.807) is 0 Å². The van der Waals surface area contributed by atoms with Gasteiger partial charge in [0.15, 0.2) is 0 Å². The maximum atomic E-state index is 6.17. The maximum Gasteiger partial charge on any atom is 0.0471 e. The van der Waals surface area contributed by atoms with Gasteiger partial charge in [-0.05, 0) is 40.3 Å². The minimum absolute atomic E-state index is 0.245. The third-order valence-corrected chi connectivity index (χ3v) is 4.86. The molecule has 18 heavy (non-hydrogen) atoms. The third-order valence-electron chi connectivity index (χ3n) is 4.86. The van der Waals surface area contributed by atoms with E-state index in [9.17, 15) is 0 Å². The van der Waals surface area contributed by atoms with Gasteiger partial charge in [0.2, 0.25) is 0 Å². The normalized spacial score (nSPS) is 33.2. The van der Waals surface area contributed by atoms with Crippen molar-refractivity contribution < 1.29 is 0 Å². The number of rotatable bonds is 3. The van der Waals surface area contributed by atoms with Crippen molar-refractivity contribution >= 4 is 0 Å². The Balaban J connectivity index is 2.03. The Labute approximate surface area is 112 Å². The van der Waals surface area contributed by atoms with Crippen molar-refractivity contribution in [2.75, 3.05) is 52.9 Å². The first-order chi connectivity index (χ1) is 8.57. The summed E-state index contributed by atoms with van der Waals surface area (Å²) in [6.07, 6.45) is 2.52. The van der Waals surface area contributed by atoms with Gasteiger partial charge in [0.25, 0.3) is 0 Å². The maximum absolute atomic E-state index is 6.17.